The summed E-state index contributed by atoms with van der Waals surface area (Å²) in [5, 5.41) is 9.57. The third-order valence-corrected chi connectivity index (χ3v) is 4.87. The number of hydrogen-bond donors (Lipinski definition) is 1. The Morgan fingerprint density at radius 3 is 2.94 bits per heavy atom. The molecule has 2 atom stereocenters. The maximum absolute atomic E-state index is 10.9. The number of carboxylic acid groups (broad SMARTS) is 1. The van der Waals surface area contributed by atoms with Crippen LogP contribution >= 0.6 is 11.8 Å². The molecule has 0 radical (unpaired) electrons. The minimum Gasteiger partial charge on any atom is -0.475 e. The smallest absolute Gasteiger partial charge is 0.372 e. The van der Waals surface area contributed by atoms with Crippen molar-refractivity contribution in [3.05, 3.63) is 23.2 Å². The fourth-order valence-corrected chi connectivity index (χ4v) is 3.42. The summed E-state index contributed by atoms with van der Waals surface area (Å²) in [5.41, 5.74) is 0.699. The molecule has 0 spiro atoms. The molecule has 0 aliphatic carbocycles. The van der Waals surface area contributed by atoms with Gasteiger partial charge in [-0.2, -0.15) is 11.8 Å². The monoisotopic (exact) mass is 269 g/mol. The number of nitrogens with zero attached hydrogens (tertiary/aromatic N) is 1. The van der Waals surface area contributed by atoms with Crippen LogP contribution in [-0.4, -0.2) is 39.6 Å². The topological polar surface area (TPSA) is 53.7 Å². The van der Waals surface area contributed by atoms with E-state index < -0.39 is 5.97 Å². The maximum Gasteiger partial charge on any atom is 0.372 e. The van der Waals surface area contributed by atoms with E-state index in [9.17, 15) is 4.79 Å². The minimum absolute atomic E-state index is 0.0667. The number of rotatable bonds is 3. The van der Waals surface area contributed by atoms with Crippen molar-refractivity contribution in [3.8, 4) is 0 Å². The quantitative estimate of drug-likeness (QED) is 0.914. The Hall–Kier alpha value is -0.940. The van der Waals surface area contributed by atoms with E-state index in [0.29, 0.717) is 23.4 Å². The SMILES string of the molecule is Cc1cc(CN2CCSC(C)C2C)oc1C(=O)O. The van der Waals surface area contributed by atoms with Gasteiger partial charge in [-0.15, -0.1) is 0 Å². The molecule has 1 aromatic rings. The Balaban J connectivity index is 2.09. The van der Waals surface area contributed by atoms with Crippen LogP contribution in [0.25, 0.3) is 0 Å². The summed E-state index contributed by atoms with van der Waals surface area (Å²) in [7, 11) is 0. The Morgan fingerprint density at radius 2 is 2.33 bits per heavy atom. The zero-order valence-corrected chi connectivity index (χ0v) is 11.8. The molecule has 2 heterocycles. The highest BCUT2D eigenvalue weighted by Gasteiger charge is 2.26. The summed E-state index contributed by atoms with van der Waals surface area (Å²) < 4.78 is 5.41. The van der Waals surface area contributed by atoms with Gasteiger partial charge in [0.2, 0.25) is 5.76 Å². The first-order valence-electron chi connectivity index (χ1n) is 6.17. The molecular formula is C13H19NO3S. The molecule has 0 amide bonds. The summed E-state index contributed by atoms with van der Waals surface area (Å²) in [4.78, 5) is 13.3. The van der Waals surface area contributed by atoms with Crippen LogP contribution in [0.3, 0.4) is 0 Å². The molecule has 0 aromatic carbocycles. The van der Waals surface area contributed by atoms with Crippen LogP contribution < -0.4 is 0 Å². The lowest BCUT2D eigenvalue weighted by Crippen LogP contribution is -2.43. The van der Waals surface area contributed by atoms with Crippen molar-refractivity contribution in [1.29, 1.82) is 0 Å². The van der Waals surface area contributed by atoms with Crippen LogP contribution in [0, 0.1) is 6.92 Å². The van der Waals surface area contributed by atoms with E-state index in [4.69, 9.17) is 9.52 Å². The van der Waals surface area contributed by atoms with Gasteiger partial charge in [-0.05, 0) is 19.9 Å². The van der Waals surface area contributed by atoms with Crippen molar-refractivity contribution in [2.75, 3.05) is 12.3 Å². The van der Waals surface area contributed by atoms with Gasteiger partial charge in [-0.25, -0.2) is 4.79 Å². The van der Waals surface area contributed by atoms with E-state index in [0.717, 1.165) is 18.1 Å². The molecule has 4 nitrogen and oxygen atoms in total. The molecule has 1 aliphatic rings. The van der Waals surface area contributed by atoms with E-state index in [1.54, 1.807) is 6.92 Å². The molecule has 1 aliphatic heterocycles. The molecule has 5 heteroatoms. The van der Waals surface area contributed by atoms with Gasteiger partial charge in [-0.3, -0.25) is 4.90 Å². The van der Waals surface area contributed by atoms with Crippen LogP contribution in [0.15, 0.2) is 10.5 Å². The summed E-state index contributed by atoms with van der Waals surface area (Å²) in [6.07, 6.45) is 0. The number of carbonyl (C=O) groups is 1. The van der Waals surface area contributed by atoms with Gasteiger partial charge in [0.15, 0.2) is 0 Å². The molecule has 2 unspecified atom stereocenters. The molecule has 2 rings (SSSR count). The van der Waals surface area contributed by atoms with Crippen molar-refractivity contribution in [3.63, 3.8) is 0 Å². The Kier molecular flexibility index (Phi) is 4.02. The zero-order chi connectivity index (χ0) is 13.3. The van der Waals surface area contributed by atoms with E-state index in [2.05, 4.69) is 18.7 Å². The molecule has 1 saturated heterocycles. The highest BCUT2D eigenvalue weighted by Crippen LogP contribution is 2.26. The Morgan fingerprint density at radius 1 is 1.61 bits per heavy atom. The molecule has 0 saturated carbocycles. The van der Waals surface area contributed by atoms with Crippen molar-refractivity contribution in [2.45, 2.75) is 38.6 Å². The van der Waals surface area contributed by atoms with Crippen molar-refractivity contribution < 1.29 is 14.3 Å². The number of aryl methyl sites for hydroxylation is 1. The number of furan rings is 1. The number of carboxylic acids is 1. The first kappa shape index (κ1) is 13.5. The van der Waals surface area contributed by atoms with Crippen LogP contribution in [0.5, 0.6) is 0 Å². The maximum atomic E-state index is 10.9. The third-order valence-electron chi connectivity index (χ3n) is 3.54. The van der Waals surface area contributed by atoms with E-state index in [1.165, 1.54) is 0 Å². The molecule has 100 valence electrons. The van der Waals surface area contributed by atoms with Crippen LogP contribution in [0.1, 0.15) is 35.7 Å². The van der Waals surface area contributed by atoms with E-state index >= 15 is 0 Å². The normalized spacial score (nSPS) is 25.3. The van der Waals surface area contributed by atoms with Crippen molar-refractivity contribution in [1.82, 2.24) is 4.90 Å². The van der Waals surface area contributed by atoms with Gasteiger partial charge >= 0.3 is 5.97 Å². The highest BCUT2D eigenvalue weighted by molar-refractivity contribution is 8.00. The van der Waals surface area contributed by atoms with Crippen molar-refractivity contribution >= 4 is 17.7 Å². The second kappa shape index (κ2) is 5.36. The van der Waals surface area contributed by atoms with Crippen LogP contribution in [0.4, 0.5) is 0 Å². The number of aromatic carboxylic acids is 1. The van der Waals surface area contributed by atoms with E-state index in [1.807, 2.05) is 17.8 Å². The Bertz CT molecular complexity index is 443. The fraction of sp³-hybridized carbons (Fsp3) is 0.615. The zero-order valence-electron chi connectivity index (χ0n) is 11.0. The fourth-order valence-electron chi connectivity index (χ4n) is 2.26. The second-order valence-corrected chi connectivity index (χ2v) is 6.30. The molecule has 0 bridgehead atoms. The predicted molar refractivity (Wildman–Crippen MR) is 72.2 cm³/mol. The van der Waals surface area contributed by atoms with E-state index in [-0.39, 0.29) is 5.76 Å². The van der Waals surface area contributed by atoms with Gasteiger partial charge in [0.05, 0.1) is 6.54 Å². The first-order chi connectivity index (χ1) is 8.49. The molecule has 1 N–H and O–H groups in total. The summed E-state index contributed by atoms with van der Waals surface area (Å²) in [6.45, 7) is 7.94. The van der Waals surface area contributed by atoms with Gasteiger partial charge in [0.25, 0.3) is 0 Å². The lowest BCUT2D eigenvalue weighted by Gasteiger charge is -2.36. The molecule has 1 fully saturated rings. The standard InChI is InChI=1S/C13H19NO3S/c1-8-6-11(17-12(8)13(15)16)7-14-4-5-18-10(3)9(14)2/h6,9-10H,4-5,7H2,1-3H3,(H,15,16). The number of hydrogen-bond acceptors (Lipinski definition) is 4. The average Bonchev–Trinajstić information content (AvgIpc) is 2.66. The van der Waals surface area contributed by atoms with Gasteiger partial charge in [-0.1, -0.05) is 6.92 Å². The number of thioether (sulfide) groups is 1. The minimum atomic E-state index is -0.991. The summed E-state index contributed by atoms with van der Waals surface area (Å²) >= 11 is 1.99. The first-order valence-corrected chi connectivity index (χ1v) is 7.22. The van der Waals surface area contributed by atoms with Crippen molar-refractivity contribution in [2.24, 2.45) is 0 Å². The highest BCUT2D eigenvalue weighted by atomic mass is 32.2. The summed E-state index contributed by atoms with van der Waals surface area (Å²) in [6, 6.07) is 2.32. The largest absolute Gasteiger partial charge is 0.475 e. The predicted octanol–water partition coefficient (Wildman–Crippen LogP) is 2.61. The molecular weight excluding hydrogens is 250 g/mol. The van der Waals surface area contributed by atoms with Crippen LogP contribution in [0.2, 0.25) is 0 Å². The van der Waals surface area contributed by atoms with Gasteiger partial charge in [0, 0.05) is 29.2 Å². The lowest BCUT2D eigenvalue weighted by molar-refractivity contribution is 0.0656. The molecule has 1 aromatic heterocycles. The van der Waals surface area contributed by atoms with Crippen LogP contribution in [-0.2, 0) is 6.54 Å². The van der Waals surface area contributed by atoms with Gasteiger partial charge < -0.3 is 9.52 Å². The summed E-state index contributed by atoms with van der Waals surface area (Å²) in [5.74, 6) is 0.944. The van der Waals surface area contributed by atoms with Gasteiger partial charge in [0.1, 0.15) is 5.76 Å². The second-order valence-electron chi connectivity index (χ2n) is 4.82. The Labute approximate surface area is 111 Å². The lowest BCUT2D eigenvalue weighted by atomic mass is 10.2. The molecule has 18 heavy (non-hydrogen) atoms. The average molecular weight is 269 g/mol. The third kappa shape index (κ3) is 2.72.